The fourth-order valence-electron chi connectivity index (χ4n) is 1.36. The number of benzene rings is 1. The van der Waals surface area contributed by atoms with E-state index in [0.717, 1.165) is 16.6 Å². The molecule has 0 radical (unpaired) electrons. The Bertz CT molecular complexity index is 570. The van der Waals surface area contributed by atoms with Crippen LogP contribution in [0.2, 0.25) is 0 Å². The number of rotatable bonds is 5. The van der Waals surface area contributed by atoms with E-state index < -0.39 is 0 Å². The average molecular weight is 294 g/mol. The molecule has 0 aliphatic carbocycles. The van der Waals surface area contributed by atoms with E-state index in [2.05, 4.69) is 14.7 Å². The molecule has 0 aliphatic heterocycles. The first kappa shape index (κ1) is 13.8. The topological polar surface area (TPSA) is 80.9 Å². The van der Waals surface area contributed by atoms with Crippen LogP contribution in [0.1, 0.15) is 12.7 Å². The third kappa shape index (κ3) is 3.93. The van der Waals surface area contributed by atoms with Crippen molar-refractivity contribution in [3.05, 3.63) is 30.1 Å². The van der Waals surface area contributed by atoms with Gasteiger partial charge in [-0.15, -0.1) is 0 Å². The van der Waals surface area contributed by atoms with Crippen LogP contribution < -0.4 is 11.1 Å². The van der Waals surface area contributed by atoms with Crippen molar-refractivity contribution in [2.24, 2.45) is 0 Å². The van der Waals surface area contributed by atoms with Crippen LogP contribution in [0.4, 0.5) is 11.4 Å². The molecule has 1 amide bonds. The van der Waals surface area contributed by atoms with Crippen molar-refractivity contribution in [3.63, 3.8) is 0 Å². The summed E-state index contributed by atoms with van der Waals surface area (Å²) < 4.78 is 4.98. The molecule has 1 aromatic heterocycles. The summed E-state index contributed by atoms with van der Waals surface area (Å²) in [5.41, 5.74) is 6.95. The zero-order valence-electron chi connectivity index (χ0n) is 10.4. The fraction of sp³-hybridized carbons (Fsp3) is 0.250. The number of carbonyl (C=O) groups excluding carboxylic acids is 1. The normalized spacial score (nSPS) is 10.4. The summed E-state index contributed by atoms with van der Waals surface area (Å²) >= 11 is 2.70. The second-order valence-electron chi connectivity index (χ2n) is 3.75. The van der Waals surface area contributed by atoms with Crippen LogP contribution in [0.15, 0.2) is 28.6 Å². The first-order chi connectivity index (χ1) is 9.19. The molecule has 0 unspecified atom stereocenters. The number of carbonyl (C=O) groups is 1. The monoisotopic (exact) mass is 294 g/mol. The molecule has 0 bridgehead atoms. The SMILES string of the molecule is CCc1nsc(SCC(=O)Nc2ccccc2N)n1. The molecule has 0 atom stereocenters. The molecule has 1 aromatic carbocycles. The molecule has 0 spiro atoms. The lowest BCUT2D eigenvalue weighted by molar-refractivity contribution is -0.113. The van der Waals surface area contributed by atoms with Crippen molar-refractivity contribution in [3.8, 4) is 0 Å². The molecule has 0 saturated heterocycles. The molecular formula is C12H14N4OS2. The average Bonchev–Trinajstić information content (AvgIpc) is 2.87. The summed E-state index contributed by atoms with van der Waals surface area (Å²) in [6.07, 6.45) is 0.809. The van der Waals surface area contributed by atoms with Crippen LogP contribution in [0.3, 0.4) is 0 Å². The van der Waals surface area contributed by atoms with Gasteiger partial charge in [0.1, 0.15) is 5.82 Å². The van der Waals surface area contributed by atoms with Crippen molar-refractivity contribution in [2.45, 2.75) is 17.7 Å². The zero-order valence-corrected chi connectivity index (χ0v) is 12.1. The van der Waals surface area contributed by atoms with Crippen LogP contribution >= 0.6 is 23.3 Å². The van der Waals surface area contributed by atoms with Crippen LogP contribution in [-0.2, 0) is 11.2 Å². The quantitative estimate of drug-likeness (QED) is 0.654. The lowest BCUT2D eigenvalue weighted by atomic mass is 10.3. The lowest BCUT2D eigenvalue weighted by Crippen LogP contribution is -2.15. The van der Waals surface area contributed by atoms with Gasteiger partial charge in [-0.1, -0.05) is 30.8 Å². The molecule has 0 fully saturated rings. The Morgan fingerprint density at radius 3 is 2.95 bits per heavy atom. The van der Waals surface area contributed by atoms with Gasteiger partial charge < -0.3 is 11.1 Å². The third-order valence-corrected chi connectivity index (χ3v) is 4.20. The van der Waals surface area contributed by atoms with E-state index in [4.69, 9.17) is 5.73 Å². The van der Waals surface area contributed by atoms with E-state index in [-0.39, 0.29) is 5.91 Å². The molecular weight excluding hydrogens is 280 g/mol. The molecule has 0 saturated carbocycles. The number of amides is 1. The maximum Gasteiger partial charge on any atom is 0.234 e. The number of nitrogens with zero attached hydrogens (tertiary/aromatic N) is 2. The fourth-order valence-corrected chi connectivity index (χ4v) is 2.86. The van der Waals surface area contributed by atoms with Gasteiger partial charge in [0.25, 0.3) is 0 Å². The number of anilines is 2. The number of hydrogen-bond acceptors (Lipinski definition) is 6. The van der Waals surface area contributed by atoms with E-state index in [9.17, 15) is 4.79 Å². The Kier molecular flexibility index (Phi) is 4.75. The van der Waals surface area contributed by atoms with Gasteiger partial charge >= 0.3 is 0 Å². The zero-order chi connectivity index (χ0) is 13.7. The number of nitrogens with one attached hydrogen (secondary N) is 1. The summed E-state index contributed by atoms with van der Waals surface area (Å²) in [7, 11) is 0. The van der Waals surface area contributed by atoms with Crippen LogP contribution in [0.25, 0.3) is 0 Å². The van der Waals surface area contributed by atoms with E-state index in [1.807, 2.05) is 19.1 Å². The minimum absolute atomic E-state index is 0.101. The second kappa shape index (κ2) is 6.53. The Balaban J connectivity index is 1.86. The minimum Gasteiger partial charge on any atom is -0.397 e. The molecule has 3 N–H and O–H groups in total. The number of aryl methyl sites for hydroxylation is 1. The molecule has 0 aliphatic rings. The predicted molar refractivity (Wildman–Crippen MR) is 79.5 cm³/mol. The molecule has 2 aromatic rings. The Hall–Kier alpha value is -1.60. The Morgan fingerprint density at radius 1 is 1.47 bits per heavy atom. The van der Waals surface area contributed by atoms with Crippen molar-refractivity contribution in [1.29, 1.82) is 0 Å². The van der Waals surface area contributed by atoms with Crippen LogP contribution in [-0.4, -0.2) is 21.0 Å². The van der Waals surface area contributed by atoms with E-state index in [1.54, 1.807) is 12.1 Å². The van der Waals surface area contributed by atoms with Crippen LogP contribution in [0, 0.1) is 0 Å². The Morgan fingerprint density at radius 2 is 2.26 bits per heavy atom. The van der Waals surface area contributed by atoms with Gasteiger partial charge in [0.15, 0.2) is 4.34 Å². The summed E-state index contributed by atoms with van der Waals surface area (Å²) in [4.78, 5) is 16.1. The molecule has 5 nitrogen and oxygen atoms in total. The van der Waals surface area contributed by atoms with E-state index in [1.165, 1.54) is 23.3 Å². The number of thioether (sulfide) groups is 1. The Labute approximate surface area is 119 Å². The molecule has 7 heteroatoms. The van der Waals surface area contributed by atoms with Gasteiger partial charge in [-0.2, -0.15) is 4.37 Å². The lowest BCUT2D eigenvalue weighted by Gasteiger charge is -2.06. The summed E-state index contributed by atoms with van der Waals surface area (Å²) in [6.45, 7) is 2.00. The minimum atomic E-state index is -0.101. The summed E-state index contributed by atoms with van der Waals surface area (Å²) in [5.74, 6) is 1.02. The second-order valence-corrected chi connectivity index (χ2v) is 5.73. The van der Waals surface area contributed by atoms with Gasteiger partial charge in [-0.25, -0.2) is 4.98 Å². The van der Waals surface area contributed by atoms with Crippen molar-refractivity contribution in [2.75, 3.05) is 16.8 Å². The standard InChI is InChI=1S/C12H14N4OS2/c1-2-10-15-12(19-16-10)18-7-11(17)14-9-6-4-3-5-8(9)13/h3-6H,2,7,13H2,1H3,(H,14,17). The first-order valence-corrected chi connectivity index (χ1v) is 7.54. The van der Waals surface area contributed by atoms with Crippen molar-refractivity contribution >= 4 is 40.6 Å². The van der Waals surface area contributed by atoms with Gasteiger partial charge in [-0.05, 0) is 23.7 Å². The van der Waals surface area contributed by atoms with Gasteiger partial charge in [0.2, 0.25) is 5.91 Å². The highest BCUT2D eigenvalue weighted by atomic mass is 32.2. The summed E-state index contributed by atoms with van der Waals surface area (Å²) in [5, 5.41) is 2.77. The molecule has 1 heterocycles. The summed E-state index contributed by atoms with van der Waals surface area (Å²) in [6, 6.07) is 7.18. The smallest absolute Gasteiger partial charge is 0.234 e. The highest BCUT2D eigenvalue weighted by Crippen LogP contribution is 2.21. The molecule has 2 rings (SSSR count). The predicted octanol–water partition coefficient (Wildman–Crippen LogP) is 2.41. The van der Waals surface area contributed by atoms with E-state index >= 15 is 0 Å². The number of nitrogen functional groups attached to an aromatic ring is 1. The van der Waals surface area contributed by atoms with E-state index in [0.29, 0.717) is 17.1 Å². The van der Waals surface area contributed by atoms with Gasteiger partial charge in [-0.3, -0.25) is 4.79 Å². The molecule has 100 valence electrons. The number of nitrogens with two attached hydrogens (primary N) is 1. The highest BCUT2D eigenvalue weighted by molar-refractivity contribution is 8.01. The maximum atomic E-state index is 11.8. The number of para-hydroxylation sites is 2. The van der Waals surface area contributed by atoms with Gasteiger partial charge in [0.05, 0.1) is 17.1 Å². The maximum absolute atomic E-state index is 11.8. The van der Waals surface area contributed by atoms with Crippen molar-refractivity contribution < 1.29 is 4.79 Å². The number of hydrogen-bond donors (Lipinski definition) is 2. The van der Waals surface area contributed by atoms with Gasteiger partial charge in [0, 0.05) is 6.42 Å². The van der Waals surface area contributed by atoms with Crippen molar-refractivity contribution in [1.82, 2.24) is 9.36 Å². The highest BCUT2D eigenvalue weighted by Gasteiger charge is 2.08. The third-order valence-electron chi connectivity index (χ3n) is 2.33. The largest absolute Gasteiger partial charge is 0.397 e. The molecule has 19 heavy (non-hydrogen) atoms. The van der Waals surface area contributed by atoms with Crippen LogP contribution in [0.5, 0.6) is 0 Å². The first-order valence-electron chi connectivity index (χ1n) is 5.78. The number of aromatic nitrogens is 2.